The molecule has 0 aliphatic carbocycles. The van der Waals surface area contributed by atoms with E-state index >= 15 is 0 Å². The number of carbonyl (C=O) groups excluding carboxylic acids is 1. The van der Waals surface area contributed by atoms with E-state index in [2.05, 4.69) is 6.07 Å². The van der Waals surface area contributed by atoms with Gasteiger partial charge in [0.1, 0.15) is 6.61 Å². The van der Waals surface area contributed by atoms with Gasteiger partial charge >= 0.3 is 5.97 Å². The van der Waals surface area contributed by atoms with Gasteiger partial charge < -0.3 is 10.5 Å². The summed E-state index contributed by atoms with van der Waals surface area (Å²) in [7, 11) is 0. The zero-order chi connectivity index (χ0) is 14.7. The van der Waals surface area contributed by atoms with Crippen molar-refractivity contribution in [2.75, 3.05) is 5.73 Å². The largest absolute Gasteiger partial charge is 0.457 e. The number of rotatable bonds is 3. The summed E-state index contributed by atoms with van der Waals surface area (Å²) in [6.45, 7) is 4.24. The first kappa shape index (κ1) is 14.4. The van der Waals surface area contributed by atoms with E-state index in [9.17, 15) is 4.79 Å². The molecule has 3 nitrogen and oxygen atoms in total. The Balaban J connectivity index is 2.08. The summed E-state index contributed by atoms with van der Waals surface area (Å²) in [5, 5.41) is 0.494. The number of esters is 1. The Labute approximate surface area is 123 Å². The molecule has 0 amide bonds. The molecule has 0 saturated carbocycles. The predicted octanol–water partition coefficient (Wildman–Crippen LogP) is 3.90. The van der Waals surface area contributed by atoms with Crippen molar-refractivity contribution in [3.05, 3.63) is 63.7 Å². The molecule has 0 unspecified atom stereocenters. The number of nitrogens with two attached hydrogens (primary N) is 1. The highest BCUT2D eigenvalue weighted by Gasteiger charge is 2.11. The number of carbonyl (C=O) groups is 1. The van der Waals surface area contributed by atoms with Crippen molar-refractivity contribution < 1.29 is 9.53 Å². The van der Waals surface area contributed by atoms with Crippen LogP contribution in [0.2, 0.25) is 5.02 Å². The summed E-state index contributed by atoms with van der Waals surface area (Å²) >= 11 is 5.80. The van der Waals surface area contributed by atoms with Crippen LogP contribution in [0.15, 0.2) is 36.4 Å². The molecular formula is C16H16ClNO2. The quantitative estimate of drug-likeness (QED) is 0.689. The van der Waals surface area contributed by atoms with Crippen molar-refractivity contribution in [3.63, 3.8) is 0 Å². The minimum absolute atomic E-state index is 0.226. The smallest absolute Gasteiger partial charge is 0.340 e. The van der Waals surface area contributed by atoms with Gasteiger partial charge in [0.25, 0.3) is 0 Å². The third-order valence-electron chi connectivity index (χ3n) is 2.88. The lowest BCUT2D eigenvalue weighted by Gasteiger charge is -2.08. The summed E-state index contributed by atoms with van der Waals surface area (Å²) in [5.41, 5.74) is 9.65. The third kappa shape index (κ3) is 3.52. The maximum Gasteiger partial charge on any atom is 0.340 e. The number of anilines is 1. The second-order valence-corrected chi connectivity index (χ2v) is 5.24. The number of ether oxygens (including phenoxy) is 1. The minimum atomic E-state index is -0.446. The van der Waals surface area contributed by atoms with E-state index in [1.54, 1.807) is 12.1 Å². The number of hydrogen-bond acceptors (Lipinski definition) is 3. The molecule has 0 spiro atoms. The van der Waals surface area contributed by atoms with Crippen LogP contribution in [0.1, 0.15) is 27.0 Å². The fraction of sp³-hybridized carbons (Fsp3) is 0.188. The van der Waals surface area contributed by atoms with Crippen LogP contribution in [0.4, 0.5) is 5.69 Å². The number of hydrogen-bond donors (Lipinski definition) is 1. The van der Waals surface area contributed by atoms with Crippen LogP contribution in [0.3, 0.4) is 0 Å². The van der Waals surface area contributed by atoms with Crippen LogP contribution in [0.25, 0.3) is 0 Å². The zero-order valence-electron chi connectivity index (χ0n) is 11.4. The molecule has 0 aromatic heterocycles. The maximum atomic E-state index is 12.0. The van der Waals surface area contributed by atoms with Gasteiger partial charge in [0.2, 0.25) is 0 Å². The van der Waals surface area contributed by atoms with E-state index in [0.717, 1.165) is 16.7 Å². The molecule has 0 atom stereocenters. The van der Waals surface area contributed by atoms with Crippen molar-refractivity contribution in [2.24, 2.45) is 0 Å². The van der Waals surface area contributed by atoms with Gasteiger partial charge in [-0.15, -0.1) is 0 Å². The number of benzene rings is 2. The Morgan fingerprint density at radius 3 is 2.40 bits per heavy atom. The van der Waals surface area contributed by atoms with E-state index in [1.807, 2.05) is 26.0 Å². The molecule has 104 valence electrons. The lowest BCUT2D eigenvalue weighted by Crippen LogP contribution is -2.08. The Hall–Kier alpha value is -2.00. The summed E-state index contributed by atoms with van der Waals surface area (Å²) in [4.78, 5) is 12.0. The number of aryl methyl sites for hydroxylation is 2. The van der Waals surface area contributed by atoms with Gasteiger partial charge in [-0.1, -0.05) is 40.9 Å². The van der Waals surface area contributed by atoms with Crippen molar-refractivity contribution in [1.29, 1.82) is 0 Å². The summed E-state index contributed by atoms with van der Waals surface area (Å²) in [5.74, 6) is -0.446. The van der Waals surface area contributed by atoms with Gasteiger partial charge in [0.05, 0.1) is 5.56 Å². The third-order valence-corrected chi connectivity index (χ3v) is 3.12. The van der Waals surface area contributed by atoms with E-state index in [1.165, 1.54) is 6.07 Å². The van der Waals surface area contributed by atoms with Gasteiger partial charge in [0.15, 0.2) is 0 Å². The van der Waals surface area contributed by atoms with E-state index in [4.69, 9.17) is 22.1 Å². The summed E-state index contributed by atoms with van der Waals surface area (Å²) < 4.78 is 5.28. The van der Waals surface area contributed by atoms with E-state index in [0.29, 0.717) is 16.3 Å². The standard InChI is InChI=1S/C16H16ClNO2/c1-10-5-11(2)7-12(6-10)9-20-16(19)14-4-3-13(17)8-15(14)18/h3-8H,9,18H2,1-2H3. The molecule has 0 fully saturated rings. The highest BCUT2D eigenvalue weighted by atomic mass is 35.5. The van der Waals surface area contributed by atoms with Crippen LogP contribution < -0.4 is 5.73 Å². The molecule has 0 aliphatic rings. The van der Waals surface area contributed by atoms with Crippen LogP contribution >= 0.6 is 11.6 Å². The van der Waals surface area contributed by atoms with Gasteiger partial charge in [-0.05, 0) is 37.6 Å². The summed E-state index contributed by atoms with van der Waals surface area (Å²) in [6.07, 6.45) is 0. The van der Waals surface area contributed by atoms with Crippen molar-refractivity contribution in [2.45, 2.75) is 20.5 Å². The van der Waals surface area contributed by atoms with Crippen LogP contribution in [-0.4, -0.2) is 5.97 Å². The van der Waals surface area contributed by atoms with Gasteiger partial charge in [-0.3, -0.25) is 0 Å². The zero-order valence-corrected chi connectivity index (χ0v) is 12.2. The van der Waals surface area contributed by atoms with Crippen LogP contribution in [-0.2, 0) is 11.3 Å². The second-order valence-electron chi connectivity index (χ2n) is 4.80. The first-order chi connectivity index (χ1) is 9.45. The van der Waals surface area contributed by atoms with Crippen molar-refractivity contribution >= 4 is 23.3 Å². The topological polar surface area (TPSA) is 52.3 Å². The molecule has 2 rings (SSSR count). The Bertz CT molecular complexity index is 633. The van der Waals surface area contributed by atoms with Gasteiger partial charge in [0, 0.05) is 10.7 Å². The fourth-order valence-electron chi connectivity index (χ4n) is 2.10. The Morgan fingerprint density at radius 2 is 1.80 bits per heavy atom. The SMILES string of the molecule is Cc1cc(C)cc(COC(=O)c2ccc(Cl)cc2N)c1. The molecule has 20 heavy (non-hydrogen) atoms. The van der Waals surface area contributed by atoms with Crippen molar-refractivity contribution in [3.8, 4) is 0 Å². The molecule has 4 heteroatoms. The molecule has 0 aliphatic heterocycles. The fourth-order valence-corrected chi connectivity index (χ4v) is 2.28. The first-order valence-electron chi connectivity index (χ1n) is 6.25. The Morgan fingerprint density at radius 1 is 1.15 bits per heavy atom. The van der Waals surface area contributed by atoms with E-state index in [-0.39, 0.29) is 6.61 Å². The minimum Gasteiger partial charge on any atom is -0.457 e. The van der Waals surface area contributed by atoms with Crippen molar-refractivity contribution in [1.82, 2.24) is 0 Å². The lowest BCUT2D eigenvalue weighted by atomic mass is 10.1. The molecule has 2 aromatic rings. The Kier molecular flexibility index (Phi) is 4.30. The molecule has 2 N–H and O–H groups in total. The molecule has 0 saturated heterocycles. The van der Waals surface area contributed by atoms with Gasteiger partial charge in [-0.25, -0.2) is 4.79 Å². The molecular weight excluding hydrogens is 274 g/mol. The lowest BCUT2D eigenvalue weighted by molar-refractivity contribution is 0.0474. The molecule has 0 bridgehead atoms. The van der Waals surface area contributed by atoms with E-state index < -0.39 is 5.97 Å². The molecule has 0 radical (unpaired) electrons. The number of nitrogen functional groups attached to an aromatic ring is 1. The predicted molar refractivity (Wildman–Crippen MR) is 80.9 cm³/mol. The monoisotopic (exact) mass is 289 g/mol. The first-order valence-corrected chi connectivity index (χ1v) is 6.63. The number of halogens is 1. The highest BCUT2D eigenvalue weighted by molar-refractivity contribution is 6.31. The van der Waals surface area contributed by atoms with Crippen LogP contribution in [0.5, 0.6) is 0 Å². The van der Waals surface area contributed by atoms with Crippen LogP contribution in [0, 0.1) is 13.8 Å². The summed E-state index contributed by atoms with van der Waals surface area (Å²) in [6, 6.07) is 10.8. The molecule has 2 aromatic carbocycles. The average Bonchev–Trinajstić information content (AvgIpc) is 2.35. The second kappa shape index (κ2) is 5.97. The normalized spacial score (nSPS) is 10.3. The highest BCUT2D eigenvalue weighted by Crippen LogP contribution is 2.19. The molecule has 0 heterocycles. The average molecular weight is 290 g/mol. The maximum absolute atomic E-state index is 12.0. The van der Waals surface area contributed by atoms with Gasteiger partial charge in [-0.2, -0.15) is 0 Å².